The van der Waals surface area contributed by atoms with Crippen molar-refractivity contribution in [3.05, 3.63) is 48.0 Å². The van der Waals surface area contributed by atoms with Gasteiger partial charge in [-0.15, -0.1) is 10.2 Å². The Balaban J connectivity index is 1.60. The second-order valence-electron chi connectivity index (χ2n) is 6.28. The summed E-state index contributed by atoms with van der Waals surface area (Å²) in [7, 11) is 0. The fourth-order valence-corrected chi connectivity index (χ4v) is 3.12. The van der Waals surface area contributed by atoms with E-state index in [0.29, 0.717) is 32.7 Å². The molecule has 26 heavy (non-hydrogen) atoms. The van der Waals surface area contributed by atoms with Gasteiger partial charge in [0, 0.05) is 19.5 Å². The van der Waals surface area contributed by atoms with Gasteiger partial charge in [-0.05, 0) is 12.5 Å². The SMILES string of the molecule is CCn1cnnc1CNC(=O)N1CCOC[C@@H]1C[C@H](O)c1ccccc1. The zero-order chi connectivity index (χ0) is 18.4. The number of carbonyl (C=O) groups excluding carboxylic acids is 1. The summed E-state index contributed by atoms with van der Waals surface area (Å²) < 4.78 is 7.41. The molecule has 2 aromatic rings. The molecule has 0 spiro atoms. The van der Waals surface area contributed by atoms with Crippen LogP contribution in [0.4, 0.5) is 4.79 Å². The Morgan fingerprint density at radius 1 is 1.42 bits per heavy atom. The Morgan fingerprint density at radius 2 is 2.23 bits per heavy atom. The van der Waals surface area contributed by atoms with Crippen molar-refractivity contribution in [3.63, 3.8) is 0 Å². The van der Waals surface area contributed by atoms with E-state index in [1.165, 1.54) is 0 Å². The standard InChI is InChI=1S/C18H25N5O3/c1-2-22-13-20-21-17(22)11-19-18(25)23-8-9-26-12-15(23)10-16(24)14-6-4-3-5-7-14/h3-7,13,15-16,24H,2,8-12H2,1H3,(H,19,25)/t15-,16-/m0/s1. The van der Waals surface area contributed by atoms with Gasteiger partial charge in [0.15, 0.2) is 5.82 Å². The van der Waals surface area contributed by atoms with E-state index in [4.69, 9.17) is 4.74 Å². The van der Waals surface area contributed by atoms with E-state index in [1.807, 2.05) is 41.8 Å². The van der Waals surface area contributed by atoms with Crippen LogP contribution in [-0.2, 0) is 17.8 Å². The number of aliphatic hydroxyl groups is 1. The highest BCUT2D eigenvalue weighted by Gasteiger charge is 2.29. The van der Waals surface area contributed by atoms with Crippen LogP contribution in [0.25, 0.3) is 0 Å². The van der Waals surface area contributed by atoms with Crippen LogP contribution in [0.1, 0.15) is 30.8 Å². The lowest BCUT2D eigenvalue weighted by Crippen LogP contribution is -2.52. The third-order valence-corrected chi connectivity index (χ3v) is 4.60. The summed E-state index contributed by atoms with van der Waals surface area (Å²) in [4.78, 5) is 14.4. The Bertz CT molecular complexity index is 706. The molecule has 2 N–H and O–H groups in total. The summed E-state index contributed by atoms with van der Waals surface area (Å²) in [5, 5.41) is 21.3. The van der Waals surface area contributed by atoms with Crippen molar-refractivity contribution in [2.45, 2.75) is 38.6 Å². The van der Waals surface area contributed by atoms with Crippen molar-refractivity contribution in [2.75, 3.05) is 19.8 Å². The first-order valence-electron chi connectivity index (χ1n) is 8.91. The molecule has 8 nitrogen and oxygen atoms in total. The van der Waals surface area contributed by atoms with E-state index in [2.05, 4.69) is 15.5 Å². The van der Waals surface area contributed by atoms with Crippen molar-refractivity contribution >= 4 is 6.03 Å². The number of ether oxygens (including phenoxy) is 1. The molecule has 2 atom stereocenters. The maximum atomic E-state index is 12.6. The average Bonchev–Trinajstić information content (AvgIpc) is 3.15. The first kappa shape index (κ1) is 18.3. The monoisotopic (exact) mass is 359 g/mol. The van der Waals surface area contributed by atoms with Crippen molar-refractivity contribution in [2.24, 2.45) is 0 Å². The van der Waals surface area contributed by atoms with Gasteiger partial charge in [0.1, 0.15) is 6.33 Å². The van der Waals surface area contributed by atoms with Gasteiger partial charge in [-0.2, -0.15) is 0 Å². The number of amides is 2. The Labute approximate surface area is 152 Å². The molecule has 0 unspecified atom stereocenters. The van der Waals surface area contributed by atoms with Gasteiger partial charge < -0.3 is 24.6 Å². The number of aromatic nitrogens is 3. The molecule has 1 aromatic heterocycles. The van der Waals surface area contributed by atoms with Crippen LogP contribution in [-0.4, -0.2) is 56.6 Å². The number of aliphatic hydroxyl groups excluding tert-OH is 1. The molecule has 8 heteroatoms. The summed E-state index contributed by atoms with van der Waals surface area (Å²) in [6.45, 7) is 4.48. The second-order valence-corrected chi connectivity index (χ2v) is 6.28. The number of aryl methyl sites for hydroxylation is 1. The summed E-state index contributed by atoms with van der Waals surface area (Å²) in [5.41, 5.74) is 0.842. The van der Waals surface area contributed by atoms with E-state index in [9.17, 15) is 9.90 Å². The Hall–Kier alpha value is -2.45. The molecule has 1 aromatic carbocycles. The van der Waals surface area contributed by atoms with E-state index >= 15 is 0 Å². The van der Waals surface area contributed by atoms with Crippen LogP contribution in [0.5, 0.6) is 0 Å². The van der Waals surface area contributed by atoms with Gasteiger partial charge in [0.2, 0.25) is 0 Å². The fourth-order valence-electron chi connectivity index (χ4n) is 3.12. The predicted octanol–water partition coefficient (Wildman–Crippen LogP) is 1.33. The highest BCUT2D eigenvalue weighted by Crippen LogP contribution is 2.22. The highest BCUT2D eigenvalue weighted by molar-refractivity contribution is 5.74. The van der Waals surface area contributed by atoms with Crippen molar-refractivity contribution in [1.29, 1.82) is 0 Å². The number of carbonyl (C=O) groups is 1. The average molecular weight is 359 g/mol. The molecule has 0 bridgehead atoms. The van der Waals surface area contributed by atoms with E-state index in [0.717, 1.165) is 17.9 Å². The van der Waals surface area contributed by atoms with Gasteiger partial charge in [-0.3, -0.25) is 0 Å². The molecule has 1 fully saturated rings. The zero-order valence-corrected chi connectivity index (χ0v) is 14.9. The molecule has 3 rings (SSSR count). The smallest absolute Gasteiger partial charge is 0.318 e. The fraction of sp³-hybridized carbons (Fsp3) is 0.500. The highest BCUT2D eigenvalue weighted by atomic mass is 16.5. The van der Waals surface area contributed by atoms with E-state index < -0.39 is 6.10 Å². The number of hydrogen-bond acceptors (Lipinski definition) is 5. The number of rotatable bonds is 6. The van der Waals surface area contributed by atoms with Crippen LogP contribution >= 0.6 is 0 Å². The summed E-state index contributed by atoms with van der Waals surface area (Å²) >= 11 is 0. The minimum absolute atomic E-state index is 0.177. The van der Waals surface area contributed by atoms with Crippen molar-refractivity contribution < 1.29 is 14.6 Å². The van der Waals surface area contributed by atoms with Gasteiger partial charge >= 0.3 is 6.03 Å². The molecule has 2 amide bonds. The maximum Gasteiger partial charge on any atom is 0.318 e. The predicted molar refractivity (Wildman–Crippen MR) is 95.3 cm³/mol. The quantitative estimate of drug-likeness (QED) is 0.812. The van der Waals surface area contributed by atoms with Crippen LogP contribution in [0, 0.1) is 0 Å². The molecule has 1 saturated heterocycles. The largest absolute Gasteiger partial charge is 0.388 e. The molecule has 0 saturated carbocycles. The van der Waals surface area contributed by atoms with Crippen molar-refractivity contribution in [3.8, 4) is 0 Å². The summed E-state index contributed by atoms with van der Waals surface area (Å²) in [5.74, 6) is 0.718. The lowest BCUT2D eigenvalue weighted by atomic mass is 10.0. The van der Waals surface area contributed by atoms with Gasteiger partial charge in [0.05, 0.1) is 31.9 Å². The van der Waals surface area contributed by atoms with Crippen LogP contribution < -0.4 is 5.32 Å². The minimum Gasteiger partial charge on any atom is -0.388 e. The number of nitrogens with one attached hydrogen (secondary N) is 1. The van der Waals surface area contributed by atoms with Crippen LogP contribution in [0.2, 0.25) is 0 Å². The molecule has 1 aliphatic heterocycles. The number of morpholine rings is 1. The number of urea groups is 1. The Kier molecular flexibility index (Phi) is 6.19. The number of hydrogen-bond donors (Lipinski definition) is 2. The molecule has 0 aliphatic carbocycles. The number of benzene rings is 1. The lowest BCUT2D eigenvalue weighted by molar-refractivity contribution is -0.00702. The van der Waals surface area contributed by atoms with E-state index in [1.54, 1.807) is 11.2 Å². The second kappa shape index (κ2) is 8.77. The summed E-state index contributed by atoms with van der Waals surface area (Å²) in [6.07, 6.45) is 1.44. The molecular formula is C18H25N5O3. The van der Waals surface area contributed by atoms with Gasteiger partial charge in [-0.1, -0.05) is 30.3 Å². The van der Waals surface area contributed by atoms with Gasteiger partial charge in [-0.25, -0.2) is 4.79 Å². The summed E-state index contributed by atoms with van der Waals surface area (Å²) in [6, 6.07) is 9.11. The number of nitrogens with zero attached hydrogens (tertiary/aromatic N) is 4. The lowest BCUT2D eigenvalue weighted by Gasteiger charge is -2.36. The first-order chi connectivity index (χ1) is 12.7. The van der Waals surface area contributed by atoms with Crippen molar-refractivity contribution in [1.82, 2.24) is 25.0 Å². The maximum absolute atomic E-state index is 12.6. The third kappa shape index (κ3) is 4.39. The topological polar surface area (TPSA) is 92.5 Å². The normalized spacial score (nSPS) is 18.5. The molecular weight excluding hydrogens is 334 g/mol. The molecule has 1 aliphatic rings. The third-order valence-electron chi connectivity index (χ3n) is 4.60. The van der Waals surface area contributed by atoms with E-state index in [-0.39, 0.29) is 12.1 Å². The van der Waals surface area contributed by atoms with Crippen LogP contribution in [0.3, 0.4) is 0 Å². The Morgan fingerprint density at radius 3 is 3.00 bits per heavy atom. The molecule has 0 radical (unpaired) electrons. The molecule has 140 valence electrons. The first-order valence-corrected chi connectivity index (χ1v) is 8.91. The van der Waals surface area contributed by atoms with Crippen LogP contribution in [0.15, 0.2) is 36.7 Å². The molecule has 2 heterocycles. The zero-order valence-electron chi connectivity index (χ0n) is 14.9. The minimum atomic E-state index is -0.638. The van der Waals surface area contributed by atoms with Gasteiger partial charge in [0.25, 0.3) is 0 Å².